The average molecular weight is 376 g/mol. The predicted octanol–water partition coefficient (Wildman–Crippen LogP) is 2.81. The minimum atomic E-state index is -0.479. The van der Waals surface area contributed by atoms with E-state index in [1.807, 2.05) is 37.8 Å². The van der Waals surface area contributed by atoms with Gasteiger partial charge in [0, 0.05) is 24.5 Å². The van der Waals surface area contributed by atoms with Crippen molar-refractivity contribution in [2.75, 3.05) is 5.32 Å². The molecule has 3 heterocycles. The van der Waals surface area contributed by atoms with E-state index >= 15 is 0 Å². The van der Waals surface area contributed by atoms with Crippen molar-refractivity contribution in [3.8, 4) is 0 Å². The van der Waals surface area contributed by atoms with Gasteiger partial charge in [0.05, 0.1) is 41.0 Å². The number of hydrogen-bond donors (Lipinski definition) is 1. The van der Waals surface area contributed by atoms with Crippen LogP contribution >= 0.6 is 11.6 Å². The lowest BCUT2D eigenvalue weighted by molar-refractivity contribution is -0.119. The summed E-state index contributed by atoms with van der Waals surface area (Å²) in [5, 5.41) is 16.3. The molecule has 0 spiro atoms. The van der Waals surface area contributed by atoms with Gasteiger partial charge in [0.15, 0.2) is 0 Å². The van der Waals surface area contributed by atoms with Crippen LogP contribution in [0.25, 0.3) is 0 Å². The number of rotatable bonds is 6. The number of carbonyl (C=O) groups is 1. The third kappa shape index (κ3) is 3.65. The quantitative estimate of drug-likeness (QED) is 0.718. The Kier molecular flexibility index (Phi) is 5.13. The first-order valence-electron chi connectivity index (χ1n) is 8.45. The highest BCUT2D eigenvalue weighted by atomic mass is 35.5. The minimum Gasteiger partial charge on any atom is -0.322 e. The summed E-state index contributed by atoms with van der Waals surface area (Å²) in [6, 6.07) is -0.479. The SMILES string of the molecule is CCn1cc(Cn2cc(NC(=O)C(C)n3nc(C)c(Cl)c3C)cn2)cn1. The molecular weight excluding hydrogens is 354 g/mol. The molecule has 1 amide bonds. The van der Waals surface area contributed by atoms with Gasteiger partial charge in [0.1, 0.15) is 6.04 Å². The summed E-state index contributed by atoms with van der Waals surface area (Å²) in [6.45, 7) is 8.92. The fourth-order valence-electron chi connectivity index (χ4n) is 2.74. The normalized spacial score (nSPS) is 12.3. The van der Waals surface area contributed by atoms with Crippen LogP contribution in [0.2, 0.25) is 5.02 Å². The fourth-order valence-corrected chi connectivity index (χ4v) is 2.86. The molecule has 26 heavy (non-hydrogen) atoms. The Hall–Kier alpha value is -2.61. The van der Waals surface area contributed by atoms with Gasteiger partial charge in [-0.2, -0.15) is 15.3 Å². The topological polar surface area (TPSA) is 82.6 Å². The number of anilines is 1. The molecule has 0 aliphatic heterocycles. The molecule has 0 aliphatic carbocycles. The average Bonchev–Trinajstić information content (AvgIpc) is 3.32. The maximum atomic E-state index is 12.5. The number of amides is 1. The van der Waals surface area contributed by atoms with Crippen LogP contribution in [0, 0.1) is 13.8 Å². The van der Waals surface area contributed by atoms with Crippen molar-refractivity contribution >= 4 is 23.2 Å². The van der Waals surface area contributed by atoms with Crippen LogP contribution in [0.1, 0.15) is 36.8 Å². The molecule has 0 bridgehead atoms. The Bertz CT molecular complexity index is 924. The van der Waals surface area contributed by atoms with Crippen molar-refractivity contribution in [3.05, 3.63) is 46.8 Å². The van der Waals surface area contributed by atoms with Crippen molar-refractivity contribution in [1.29, 1.82) is 0 Å². The number of carbonyl (C=O) groups excluding carboxylic acids is 1. The molecular formula is C17H22ClN7O. The fraction of sp³-hybridized carbons (Fsp3) is 0.412. The third-order valence-corrected chi connectivity index (χ3v) is 4.79. The summed E-state index contributed by atoms with van der Waals surface area (Å²) in [5.41, 5.74) is 3.18. The van der Waals surface area contributed by atoms with Crippen LogP contribution in [0.5, 0.6) is 0 Å². The Morgan fingerprint density at radius 2 is 1.96 bits per heavy atom. The van der Waals surface area contributed by atoms with Crippen molar-refractivity contribution in [2.45, 2.75) is 46.8 Å². The van der Waals surface area contributed by atoms with Crippen LogP contribution in [0.3, 0.4) is 0 Å². The van der Waals surface area contributed by atoms with Gasteiger partial charge in [-0.3, -0.25) is 18.8 Å². The van der Waals surface area contributed by atoms with E-state index in [1.165, 1.54) is 0 Å². The molecule has 0 aliphatic rings. The number of nitrogens with zero attached hydrogens (tertiary/aromatic N) is 6. The first-order chi connectivity index (χ1) is 12.4. The zero-order valence-electron chi connectivity index (χ0n) is 15.3. The van der Waals surface area contributed by atoms with Gasteiger partial charge in [0.2, 0.25) is 5.91 Å². The number of halogens is 1. The van der Waals surface area contributed by atoms with E-state index in [9.17, 15) is 4.79 Å². The second-order valence-corrected chi connectivity index (χ2v) is 6.60. The zero-order valence-corrected chi connectivity index (χ0v) is 16.0. The molecule has 0 fully saturated rings. The Balaban J connectivity index is 1.66. The van der Waals surface area contributed by atoms with Crippen molar-refractivity contribution in [2.24, 2.45) is 0 Å². The molecule has 138 valence electrons. The van der Waals surface area contributed by atoms with Crippen molar-refractivity contribution in [1.82, 2.24) is 29.3 Å². The predicted molar refractivity (Wildman–Crippen MR) is 99.3 cm³/mol. The largest absolute Gasteiger partial charge is 0.322 e. The third-order valence-electron chi connectivity index (χ3n) is 4.24. The highest BCUT2D eigenvalue weighted by Gasteiger charge is 2.21. The van der Waals surface area contributed by atoms with Crippen LogP contribution in [0.15, 0.2) is 24.8 Å². The van der Waals surface area contributed by atoms with E-state index in [0.717, 1.165) is 17.8 Å². The van der Waals surface area contributed by atoms with Crippen molar-refractivity contribution < 1.29 is 4.79 Å². The molecule has 1 atom stereocenters. The van der Waals surface area contributed by atoms with E-state index in [4.69, 9.17) is 11.6 Å². The maximum Gasteiger partial charge on any atom is 0.249 e. The van der Waals surface area contributed by atoms with Gasteiger partial charge in [-0.25, -0.2) is 0 Å². The lowest BCUT2D eigenvalue weighted by atomic mass is 10.3. The number of aryl methyl sites for hydroxylation is 2. The summed E-state index contributed by atoms with van der Waals surface area (Å²) in [7, 11) is 0. The van der Waals surface area contributed by atoms with E-state index in [1.54, 1.807) is 28.7 Å². The van der Waals surface area contributed by atoms with E-state index < -0.39 is 6.04 Å². The first kappa shape index (κ1) is 18.2. The molecule has 0 saturated heterocycles. The van der Waals surface area contributed by atoms with E-state index in [0.29, 0.717) is 22.9 Å². The molecule has 0 aromatic carbocycles. The Morgan fingerprint density at radius 1 is 1.23 bits per heavy atom. The molecule has 3 rings (SSSR count). The molecule has 1 N–H and O–H groups in total. The second kappa shape index (κ2) is 7.33. The number of aromatic nitrogens is 6. The Labute approximate surface area is 156 Å². The molecule has 9 heteroatoms. The van der Waals surface area contributed by atoms with Gasteiger partial charge in [-0.1, -0.05) is 11.6 Å². The standard InChI is InChI=1S/C17H22ClN7O/c1-5-23-8-14(6-19-23)9-24-10-15(7-20-24)21-17(26)13(4)25-12(3)16(18)11(2)22-25/h6-8,10,13H,5,9H2,1-4H3,(H,21,26). The minimum absolute atomic E-state index is 0.175. The summed E-state index contributed by atoms with van der Waals surface area (Å²) in [6.07, 6.45) is 7.22. The van der Waals surface area contributed by atoms with Crippen LogP contribution in [-0.2, 0) is 17.9 Å². The van der Waals surface area contributed by atoms with E-state index in [2.05, 4.69) is 20.6 Å². The highest BCUT2D eigenvalue weighted by Crippen LogP contribution is 2.22. The number of nitrogens with one attached hydrogen (secondary N) is 1. The lowest BCUT2D eigenvalue weighted by Gasteiger charge is -2.13. The molecule has 3 aromatic rings. The van der Waals surface area contributed by atoms with E-state index in [-0.39, 0.29) is 5.91 Å². The molecule has 8 nitrogen and oxygen atoms in total. The monoisotopic (exact) mass is 375 g/mol. The maximum absolute atomic E-state index is 12.5. The molecule has 1 unspecified atom stereocenters. The highest BCUT2D eigenvalue weighted by molar-refractivity contribution is 6.31. The van der Waals surface area contributed by atoms with Crippen molar-refractivity contribution in [3.63, 3.8) is 0 Å². The first-order valence-corrected chi connectivity index (χ1v) is 8.82. The zero-order chi connectivity index (χ0) is 18.8. The second-order valence-electron chi connectivity index (χ2n) is 6.23. The number of hydrogen-bond acceptors (Lipinski definition) is 4. The molecule has 0 saturated carbocycles. The lowest BCUT2D eigenvalue weighted by Crippen LogP contribution is -2.25. The molecule has 0 radical (unpaired) electrons. The van der Waals surface area contributed by atoms with Gasteiger partial charge < -0.3 is 5.32 Å². The summed E-state index contributed by atoms with van der Waals surface area (Å²) in [4.78, 5) is 12.5. The van der Waals surface area contributed by atoms with Crippen LogP contribution in [0.4, 0.5) is 5.69 Å². The summed E-state index contributed by atoms with van der Waals surface area (Å²) in [5.74, 6) is -0.175. The summed E-state index contributed by atoms with van der Waals surface area (Å²) >= 11 is 6.16. The summed E-state index contributed by atoms with van der Waals surface area (Å²) < 4.78 is 5.26. The van der Waals surface area contributed by atoms with Gasteiger partial charge in [-0.15, -0.1) is 0 Å². The smallest absolute Gasteiger partial charge is 0.249 e. The van der Waals surface area contributed by atoms with Crippen LogP contribution in [-0.4, -0.2) is 35.2 Å². The van der Waals surface area contributed by atoms with Crippen LogP contribution < -0.4 is 5.32 Å². The molecule has 3 aromatic heterocycles. The Morgan fingerprint density at radius 3 is 2.58 bits per heavy atom. The van der Waals surface area contributed by atoms with Gasteiger partial charge >= 0.3 is 0 Å². The van der Waals surface area contributed by atoms with Gasteiger partial charge in [0.25, 0.3) is 0 Å². The van der Waals surface area contributed by atoms with Gasteiger partial charge in [-0.05, 0) is 27.7 Å².